The van der Waals surface area contributed by atoms with Gasteiger partial charge in [-0.25, -0.2) is 4.79 Å². The standard InChI is InChI=1S/C25H35N2O4P/c1-4-30-32(29,31-5-2)24(21-18-16-20(3)17-19-21)27(23-14-10-7-11-15-23)25(28)26-22-12-8-6-9-13-22/h6,8-9,12-13,16-19,23-24H,4-5,7,10-11,14-15H2,1-3H3,(H,26,28). The summed E-state index contributed by atoms with van der Waals surface area (Å²) in [4.78, 5) is 15.5. The molecule has 1 saturated carbocycles. The molecule has 0 heterocycles. The Balaban J connectivity index is 2.09. The molecular formula is C25H35N2O4P. The molecule has 0 bridgehead atoms. The molecule has 0 aliphatic heterocycles. The fourth-order valence-corrected chi connectivity index (χ4v) is 6.53. The molecule has 3 rings (SSSR count). The third kappa shape index (κ3) is 6.00. The van der Waals surface area contributed by atoms with Gasteiger partial charge in [-0.05, 0) is 51.3 Å². The summed E-state index contributed by atoms with van der Waals surface area (Å²) in [5.41, 5.74) is 2.55. The Bertz CT molecular complexity index is 888. The van der Waals surface area contributed by atoms with E-state index in [1.807, 2.05) is 61.5 Å². The van der Waals surface area contributed by atoms with Crippen molar-refractivity contribution in [3.63, 3.8) is 0 Å². The van der Waals surface area contributed by atoms with Gasteiger partial charge in [0, 0.05) is 11.7 Å². The molecule has 2 aromatic carbocycles. The van der Waals surface area contributed by atoms with Crippen molar-refractivity contribution in [1.82, 2.24) is 4.90 Å². The SMILES string of the molecule is CCOP(=O)(OCC)C(c1ccc(C)cc1)N(C(=O)Nc1ccccc1)C1CCCCC1. The number of nitrogens with one attached hydrogen (secondary N) is 1. The molecule has 1 N–H and O–H groups in total. The van der Waals surface area contributed by atoms with E-state index in [0.29, 0.717) is 5.69 Å². The van der Waals surface area contributed by atoms with Crippen molar-refractivity contribution >= 4 is 19.3 Å². The highest BCUT2D eigenvalue weighted by atomic mass is 31.2. The van der Waals surface area contributed by atoms with Gasteiger partial charge < -0.3 is 19.3 Å². The molecule has 1 aliphatic rings. The Labute approximate surface area is 191 Å². The number of carbonyl (C=O) groups excluding carboxylic acids is 1. The molecule has 0 aromatic heterocycles. The first-order valence-electron chi connectivity index (χ1n) is 11.6. The van der Waals surface area contributed by atoms with Gasteiger partial charge in [0.1, 0.15) is 0 Å². The largest absolute Gasteiger partial charge is 0.357 e. The van der Waals surface area contributed by atoms with Crippen molar-refractivity contribution in [3.05, 3.63) is 65.7 Å². The topological polar surface area (TPSA) is 67.9 Å². The Hall–Kier alpha value is -2.14. The number of rotatable bonds is 9. The van der Waals surface area contributed by atoms with Gasteiger partial charge in [0.15, 0.2) is 5.78 Å². The van der Waals surface area contributed by atoms with Gasteiger partial charge in [-0.1, -0.05) is 67.3 Å². The molecule has 1 aliphatic carbocycles. The van der Waals surface area contributed by atoms with Crippen LogP contribution in [0.1, 0.15) is 62.9 Å². The van der Waals surface area contributed by atoms with Gasteiger partial charge in [0.2, 0.25) is 0 Å². The second kappa shape index (κ2) is 11.6. The minimum absolute atomic E-state index is 0.0481. The predicted molar refractivity (Wildman–Crippen MR) is 129 cm³/mol. The fourth-order valence-electron chi connectivity index (χ4n) is 4.32. The average molecular weight is 459 g/mol. The Morgan fingerprint density at radius 2 is 1.59 bits per heavy atom. The molecule has 1 unspecified atom stereocenters. The van der Waals surface area contributed by atoms with E-state index in [4.69, 9.17) is 9.05 Å². The van der Waals surface area contributed by atoms with Crippen molar-refractivity contribution in [1.29, 1.82) is 0 Å². The molecule has 1 fully saturated rings. The summed E-state index contributed by atoms with van der Waals surface area (Å²) in [5.74, 6) is -0.824. The molecule has 6 nitrogen and oxygen atoms in total. The van der Waals surface area contributed by atoms with Crippen LogP contribution in [0.4, 0.5) is 10.5 Å². The summed E-state index contributed by atoms with van der Waals surface area (Å²) >= 11 is 0. The number of amides is 2. The second-order valence-electron chi connectivity index (χ2n) is 8.16. The van der Waals surface area contributed by atoms with E-state index in [2.05, 4.69) is 5.32 Å². The quantitative estimate of drug-likeness (QED) is 0.406. The van der Waals surface area contributed by atoms with Crippen molar-refractivity contribution in [2.24, 2.45) is 0 Å². The van der Waals surface area contributed by atoms with Crippen LogP contribution in [0.25, 0.3) is 0 Å². The molecular weight excluding hydrogens is 423 g/mol. The smallest absolute Gasteiger partial charge is 0.308 e. The first-order chi connectivity index (χ1) is 15.5. The molecule has 174 valence electrons. The molecule has 2 aromatic rings. The highest BCUT2D eigenvalue weighted by molar-refractivity contribution is 7.54. The monoisotopic (exact) mass is 458 g/mol. The summed E-state index contributed by atoms with van der Waals surface area (Å²) in [6.07, 6.45) is 4.95. The molecule has 0 spiro atoms. The Kier molecular flexibility index (Phi) is 8.92. The molecule has 32 heavy (non-hydrogen) atoms. The maximum absolute atomic E-state index is 14.2. The zero-order chi connectivity index (χ0) is 23.0. The van der Waals surface area contributed by atoms with Crippen molar-refractivity contribution in [3.8, 4) is 0 Å². The van der Waals surface area contributed by atoms with E-state index in [1.54, 1.807) is 18.7 Å². The second-order valence-corrected chi connectivity index (χ2v) is 10.2. The number of hydrogen-bond donors (Lipinski definition) is 1. The van der Waals surface area contributed by atoms with Crippen LogP contribution in [-0.2, 0) is 13.6 Å². The normalized spacial score (nSPS) is 15.8. The summed E-state index contributed by atoms with van der Waals surface area (Å²) in [5, 5.41) is 3.01. The number of nitrogens with zero attached hydrogens (tertiary/aromatic N) is 1. The lowest BCUT2D eigenvalue weighted by molar-refractivity contribution is 0.129. The van der Waals surface area contributed by atoms with E-state index >= 15 is 0 Å². The number of urea groups is 1. The van der Waals surface area contributed by atoms with Crippen LogP contribution in [-0.4, -0.2) is 30.2 Å². The van der Waals surface area contributed by atoms with Gasteiger partial charge in [-0.15, -0.1) is 0 Å². The molecule has 0 saturated heterocycles. The Morgan fingerprint density at radius 1 is 1.00 bits per heavy atom. The average Bonchev–Trinajstić information content (AvgIpc) is 2.79. The highest BCUT2D eigenvalue weighted by Gasteiger charge is 2.46. The number of anilines is 1. The lowest BCUT2D eigenvalue weighted by Crippen LogP contribution is -2.46. The van der Waals surface area contributed by atoms with E-state index < -0.39 is 13.4 Å². The molecule has 7 heteroatoms. The lowest BCUT2D eigenvalue weighted by atomic mass is 9.94. The predicted octanol–water partition coefficient (Wildman–Crippen LogP) is 7.13. The van der Waals surface area contributed by atoms with Crippen LogP contribution in [0.15, 0.2) is 54.6 Å². The van der Waals surface area contributed by atoms with Gasteiger partial charge >= 0.3 is 13.6 Å². The number of para-hydroxylation sites is 1. The van der Waals surface area contributed by atoms with Crippen LogP contribution in [0, 0.1) is 6.92 Å². The van der Waals surface area contributed by atoms with E-state index in [9.17, 15) is 9.36 Å². The van der Waals surface area contributed by atoms with Crippen LogP contribution in [0.3, 0.4) is 0 Å². The summed E-state index contributed by atoms with van der Waals surface area (Å²) in [6, 6.07) is 16.8. The van der Waals surface area contributed by atoms with E-state index in [-0.39, 0.29) is 25.3 Å². The zero-order valence-electron chi connectivity index (χ0n) is 19.3. The van der Waals surface area contributed by atoms with E-state index in [0.717, 1.165) is 43.2 Å². The number of carbonyl (C=O) groups is 1. The number of benzene rings is 2. The first-order valence-corrected chi connectivity index (χ1v) is 13.2. The minimum atomic E-state index is -3.68. The third-order valence-corrected chi connectivity index (χ3v) is 8.17. The van der Waals surface area contributed by atoms with Gasteiger partial charge in [0.25, 0.3) is 0 Å². The number of hydrogen-bond acceptors (Lipinski definition) is 4. The Morgan fingerprint density at radius 3 is 2.16 bits per heavy atom. The molecule has 0 radical (unpaired) electrons. The molecule has 2 amide bonds. The van der Waals surface area contributed by atoms with Crippen molar-refractivity contribution < 1.29 is 18.4 Å². The van der Waals surface area contributed by atoms with Crippen LogP contribution in [0.5, 0.6) is 0 Å². The van der Waals surface area contributed by atoms with Gasteiger partial charge in [0.05, 0.1) is 13.2 Å². The zero-order valence-corrected chi connectivity index (χ0v) is 20.2. The first kappa shape index (κ1) is 24.5. The summed E-state index contributed by atoms with van der Waals surface area (Å²) < 4.78 is 25.8. The fraction of sp³-hybridized carbons (Fsp3) is 0.480. The molecule has 1 atom stereocenters. The number of aryl methyl sites for hydroxylation is 1. The van der Waals surface area contributed by atoms with Gasteiger partial charge in [-0.3, -0.25) is 4.57 Å². The summed E-state index contributed by atoms with van der Waals surface area (Å²) in [6.45, 7) is 6.07. The van der Waals surface area contributed by atoms with Crippen LogP contribution >= 0.6 is 7.60 Å². The maximum atomic E-state index is 14.2. The van der Waals surface area contributed by atoms with Gasteiger partial charge in [-0.2, -0.15) is 0 Å². The highest BCUT2D eigenvalue weighted by Crippen LogP contribution is 2.63. The lowest BCUT2D eigenvalue weighted by Gasteiger charge is -2.42. The maximum Gasteiger partial charge on any atom is 0.357 e. The van der Waals surface area contributed by atoms with Crippen molar-refractivity contribution in [2.45, 2.75) is 64.7 Å². The van der Waals surface area contributed by atoms with E-state index in [1.165, 1.54) is 0 Å². The van der Waals surface area contributed by atoms with Crippen molar-refractivity contribution in [2.75, 3.05) is 18.5 Å². The minimum Gasteiger partial charge on any atom is -0.308 e. The van der Waals surface area contributed by atoms with Crippen LogP contribution in [0.2, 0.25) is 0 Å². The third-order valence-electron chi connectivity index (χ3n) is 5.78. The summed E-state index contributed by atoms with van der Waals surface area (Å²) in [7, 11) is -3.68. The van der Waals surface area contributed by atoms with Crippen LogP contribution < -0.4 is 5.32 Å².